The second-order valence-corrected chi connectivity index (χ2v) is 14.2. The number of benzene rings is 1. The maximum atomic E-state index is 11.2. The topological polar surface area (TPSA) is 107 Å². The summed E-state index contributed by atoms with van der Waals surface area (Å²) in [5.41, 5.74) is 1.21. The Bertz CT molecular complexity index is 775. The van der Waals surface area contributed by atoms with E-state index in [1.807, 2.05) is 13.1 Å². The van der Waals surface area contributed by atoms with Crippen molar-refractivity contribution in [2.75, 3.05) is 20.8 Å². The van der Waals surface area contributed by atoms with Crippen LogP contribution < -0.4 is 9.47 Å². The van der Waals surface area contributed by atoms with Crippen molar-refractivity contribution in [1.82, 2.24) is 0 Å². The van der Waals surface area contributed by atoms with Crippen LogP contribution in [0.5, 0.6) is 11.5 Å². The molecule has 0 saturated carbocycles. The lowest BCUT2D eigenvalue weighted by Crippen LogP contribution is -2.66. The van der Waals surface area contributed by atoms with Crippen LogP contribution in [0.4, 0.5) is 0 Å². The lowest BCUT2D eigenvalue weighted by Gasteiger charge is -2.50. The fourth-order valence-corrected chi connectivity index (χ4v) is 5.13. The largest absolute Gasteiger partial charge is 0.497 e. The molecule has 8 nitrogen and oxygen atoms in total. The number of methoxy groups -OCH3 is 2. The van der Waals surface area contributed by atoms with E-state index in [2.05, 4.69) is 20.8 Å². The molecule has 0 aliphatic carbocycles. The van der Waals surface area contributed by atoms with Crippen LogP contribution in [0.2, 0.25) is 18.1 Å². The molecule has 2 heterocycles. The maximum absolute atomic E-state index is 11.2. The van der Waals surface area contributed by atoms with E-state index in [4.69, 9.17) is 23.4 Å². The average molecular weight is 443 g/mol. The second-order valence-electron chi connectivity index (χ2n) is 9.44. The van der Waals surface area contributed by atoms with Crippen molar-refractivity contribution in [3.63, 3.8) is 0 Å². The van der Waals surface area contributed by atoms with Gasteiger partial charge in [0.2, 0.25) is 5.79 Å². The highest BCUT2D eigenvalue weighted by Gasteiger charge is 2.61. The van der Waals surface area contributed by atoms with Crippen LogP contribution in [-0.4, -0.2) is 68.9 Å². The van der Waals surface area contributed by atoms with E-state index in [1.165, 1.54) is 7.11 Å². The normalized spacial score (nSPS) is 31.7. The molecule has 1 fully saturated rings. The highest BCUT2D eigenvalue weighted by Crippen LogP contribution is 2.51. The van der Waals surface area contributed by atoms with Crippen LogP contribution in [0, 0.1) is 0 Å². The number of aliphatic hydroxyl groups excluding tert-OH is 3. The van der Waals surface area contributed by atoms with Crippen molar-refractivity contribution in [3.05, 3.63) is 23.3 Å². The first kappa shape index (κ1) is 23.5. The maximum Gasteiger partial charge on any atom is 0.229 e. The van der Waals surface area contributed by atoms with Crippen LogP contribution in [0.1, 0.15) is 31.9 Å². The smallest absolute Gasteiger partial charge is 0.229 e. The molecule has 170 valence electrons. The predicted octanol–water partition coefficient (Wildman–Crippen LogP) is 1.89. The molecule has 0 aromatic heterocycles. The molecule has 1 saturated heterocycles. The summed E-state index contributed by atoms with van der Waals surface area (Å²) >= 11 is 0. The highest BCUT2D eigenvalue weighted by atomic mass is 28.4. The summed E-state index contributed by atoms with van der Waals surface area (Å²) in [6.07, 6.45) is -4.56. The number of fused-ring (bicyclic) bond motifs is 2. The van der Waals surface area contributed by atoms with E-state index in [-0.39, 0.29) is 11.6 Å². The lowest BCUT2D eigenvalue weighted by atomic mass is 9.87. The number of ether oxygens (including phenoxy) is 4. The van der Waals surface area contributed by atoms with Gasteiger partial charge in [0.15, 0.2) is 8.32 Å². The minimum absolute atomic E-state index is 0.122. The van der Waals surface area contributed by atoms with E-state index in [9.17, 15) is 15.3 Å². The fourth-order valence-electron chi connectivity index (χ4n) is 3.81. The number of aliphatic hydroxyl groups is 3. The molecular weight excluding hydrogens is 408 g/mol. The van der Waals surface area contributed by atoms with Gasteiger partial charge in [-0.05, 0) is 29.8 Å². The minimum Gasteiger partial charge on any atom is -0.497 e. The summed E-state index contributed by atoms with van der Waals surface area (Å²) in [5.74, 6) is -0.684. The van der Waals surface area contributed by atoms with Gasteiger partial charge in [0.25, 0.3) is 0 Å². The van der Waals surface area contributed by atoms with Crippen LogP contribution >= 0.6 is 0 Å². The summed E-state index contributed by atoms with van der Waals surface area (Å²) in [5, 5.41) is 32.2. The first-order chi connectivity index (χ1) is 13.9. The van der Waals surface area contributed by atoms with Gasteiger partial charge in [-0.15, -0.1) is 0 Å². The summed E-state index contributed by atoms with van der Waals surface area (Å²) < 4.78 is 29.3. The Morgan fingerprint density at radius 2 is 1.83 bits per heavy atom. The number of rotatable bonds is 5. The van der Waals surface area contributed by atoms with Gasteiger partial charge in [-0.25, -0.2) is 0 Å². The molecule has 1 spiro atoms. The van der Waals surface area contributed by atoms with Gasteiger partial charge in [0.1, 0.15) is 35.9 Å². The predicted molar refractivity (Wildman–Crippen MR) is 112 cm³/mol. The summed E-state index contributed by atoms with van der Waals surface area (Å²) in [6, 6.07) is 3.45. The van der Waals surface area contributed by atoms with Crippen LogP contribution in [0.25, 0.3) is 0 Å². The molecule has 9 heteroatoms. The number of hydrogen-bond donors (Lipinski definition) is 3. The van der Waals surface area contributed by atoms with Crippen molar-refractivity contribution in [2.45, 2.75) is 75.7 Å². The molecule has 3 N–H and O–H groups in total. The van der Waals surface area contributed by atoms with Crippen molar-refractivity contribution in [3.8, 4) is 11.5 Å². The van der Waals surface area contributed by atoms with Gasteiger partial charge in [-0.1, -0.05) is 20.8 Å². The van der Waals surface area contributed by atoms with E-state index in [0.29, 0.717) is 17.1 Å². The Morgan fingerprint density at radius 1 is 1.17 bits per heavy atom. The van der Waals surface area contributed by atoms with Gasteiger partial charge in [-0.3, -0.25) is 0 Å². The molecule has 0 amide bonds. The molecule has 0 bridgehead atoms. The Hall–Kier alpha value is -1.20. The summed E-state index contributed by atoms with van der Waals surface area (Å²) in [7, 11) is 0.729. The molecule has 1 aromatic carbocycles. The minimum atomic E-state index is -2.32. The Labute approximate surface area is 178 Å². The molecule has 1 aromatic rings. The van der Waals surface area contributed by atoms with E-state index < -0.39 is 45.1 Å². The van der Waals surface area contributed by atoms with Crippen LogP contribution in [0.15, 0.2) is 12.1 Å². The lowest BCUT2D eigenvalue weighted by molar-refractivity contribution is -0.367. The Morgan fingerprint density at radius 3 is 2.37 bits per heavy atom. The monoisotopic (exact) mass is 442 g/mol. The molecule has 30 heavy (non-hydrogen) atoms. The van der Waals surface area contributed by atoms with Crippen molar-refractivity contribution >= 4 is 8.32 Å². The molecule has 0 radical (unpaired) electrons. The Kier molecular flexibility index (Phi) is 6.29. The zero-order valence-corrected chi connectivity index (χ0v) is 19.8. The highest BCUT2D eigenvalue weighted by molar-refractivity contribution is 6.74. The van der Waals surface area contributed by atoms with Crippen molar-refractivity contribution < 1.29 is 38.7 Å². The van der Waals surface area contributed by atoms with Gasteiger partial charge >= 0.3 is 0 Å². The molecule has 2 aliphatic heterocycles. The van der Waals surface area contributed by atoms with Crippen LogP contribution in [0.3, 0.4) is 0 Å². The zero-order chi connectivity index (χ0) is 22.5. The average Bonchev–Trinajstić information content (AvgIpc) is 3.06. The molecule has 3 rings (SSSR count). The van der Waals surface area contributed by atoms with Gasteiger partial charge < -0.3 is 38.7 Å². The van der Waals surface area contributed by atoms with E-state index in [0.717, 1.165) is 5.56 Å². The van der Waals surface area contributed by atoms with Crippen molar-refractivity contribution in [2.24, 2.45) is 0 Å². The first-order valence-electron chi connectivity index (χ1n) is 10.1. The zero-order valence-electron chi connectivity index (χ0n) is 18.8. The van der Waals surface area contributed by atoms with E-state index >= 15 is 0 Å². The summed E-state index contributed by atoms with van der Waals surface area (Å²) in [4.78, 5) is 0. The molecule has 0 unspecified atom stereocenters. The first-order valence-corrected chi connectivity index (χ1v) is 13.0. The third-order valence-electron chi connectivity index (χ3n) is 6.56. The SMILES string of the molecule is COc1cc2c(c(OC)c1)[C@]1(OC2)O[C@H](CO)[C@@H](O[Si](C)(C)C(C)(C)C)[C@H](O)[C@H]1O. The Balaban J connectivity index is 2.01. The van der Waals surface area contributed by atoms with Crippen molar-refractivity contribution in [1.29, 1.82) is 0 Å². The summed E-state index contributed by atoms with van der Waals surface area (Å²) in [6.45, 7) is 10.1. The number of hydrogen-bond acceptors (Lipinski definition) is 8. The van der Waals surface area contributed by atoms with Gasteiger partial charge in [0, 0.05) is 6.07 Å². The fraction of sp³-hybridized carbons (Fsp3) is 0.714. The molecule has 2 aliphatic rings. The van der Waals surface area contributed by atoms with Crippen LogP contribution in [-0.2, 0) is 26.3 Å². The molecule has 5 atom stereocenters. The van der Waals surface area contributed by atoms with Gasteiger partial charge in [-0.2, -0.15) is 0 Å². The van der Waals surface area contributed by atoms with E-state index in [1.54, 1.807) is 19.2 Å². The van der Waals surface area contributed by atoms with Gasteiger partial charge in [0.05, 0.1) is 33.0 Å². The third kappa shape index (κ3) is 3.66. The molecular formula is C21H34O8Si. The third-order valence-corrected chi connectivity index (χ3v) is 11.0. The second kappa shape index (κ2) is 8.05. The quantitative estimate of drug-likeness (QED) is 0.594. The standard InChI is InChI=1S/C21H34O8Si/c1-20(2,3)30(6,7)29-18-15(10-22)28-21(19(24)17(18)23)16-12(11-27-21)8-13(25-4)9-14(16)26-5/h8-9,15,17-19,22-24H,10-11H2,1-7H3/t15-,17+,18-,19-,21+/m1/s1.